The molecule has 3 aromatic rings. The van der Waals surface area contributed by atoms with Gasteiger partial charge in [-0.25, -0.2) is 12.8 Å². The number of nitrogens with one attached hydrogen (secondary N) is 3. The average Bonchev–Trinajstić information content (AvgIpc) is 2.51. The summed E-state index contributed by atoms with van der Waals surface area (Å²) in [5, 5.41) is 0. The van der Waals surface area contributed by atoms with Gasteiger partial charge in [0.05, 0.1) is 21.6 Å². The zero-order valence-corrected chi connectivity index (χ0v) is 15.1. The van der Waals surface area contributed by atoms with Crippen molar-refractivity contribution in [2.45, 2.75) is 11.8 Å². The Kier molecular flexibility index (Phi) is 4.25. The summed E-state index contributed by atoms with van der Waals surface area (Å²) in [5.41, 5.74) is -1.19. The third kappa shape index (κ3) is 3.35. The predicted molar refractivity (Wildman–Crippen MR) is 94.8 cm³/mol. The minimum atomic E-state index is -4.11. The van der Waals surface area contributed by atoms with Crippen molar-refractivity contribution in [2.24, 2.45) is 0 Å². The van der Waals surface area contributed by atoms with Crippen LogP contribution >= 0.6 is 15.9 Å². The van der Waals surface area contributed by atoms with E-state index in [1.54, 1.807) is 0 Å². The lowest BCUT2D eigenvalue weighted by molar-refractivity contribution is 0.598. The molecule has 0 radical (unpaired) electrons. The van der Waals surface area contributed by atoms with Crippen LogP contribution in [0.25, 0.3) is 11.0 Å². The van der Waals surface area contributed by atoms with Crippen molar-refractivity contribution in [2.75, 3.05) is 4.72 Å². The Balaban J connectivity index is 2.13. The summed E-state index contributed by atoms with van der Waals surface area (Å²) >= 11 is 3.09. The Morgan fingerprint density at radius 3 is 2.24 bits per heavy atom. The van der Waals surface area contributed by atoms with Crippen LogP contribution in [0.3, 0.4) is 0 Å². The number of aryl methyl sites for hydroxylation is 1. The molecule has 10 heteroatoms. The largest absolute Gasteiger partial charge is 0.316 e. The van der Waals surface area contributed by atoms with Gasteiger partial charge in [0.15, 0.2) is 0 Å². The van der Waals surface area contributed by atoms with Crippen LogP contribution < -0.4 is 15.8 Å². The topological polar surface area (TPSA) is 112 Å². The second kappa shape index (κ2) is 6.12. The van der Waals surface area contributed by atoms with E-state index in [1.807, 2.05) is 0 Å². The Morgan fingerprint density at radius 1 is 1.04 bits per heavy atom. The first-order valence-electron chi connectivity index (χ1n) is 6.92. The molecule has 0 aliphatic carbocycles. The lowest BCUT2D eigenvalue weighted by Gasteiger charge is -2.12. The molecule has 1 aromatic heterocycles. The van der Waals surface area contributed by atoms with Gasteiger partial charge in [-0.3, -0.25) is 14.3 Å². The highest BCUT2D eigenvalue weighted by molar-refractivity contribution is 9.10. The normalized spacial score (nSPS) is 11.6. The molecule has 0 atom stereocenters. The average molecular weight is 428 g/mol. The second-order valence-corrected chi connectivity index (χ2v) is 7.87. The summed E-state index contributed by atoms with van der Waals surface area (Å²) < 4.78 is 41.7. The number of hydrogen-bond acceptors (Lipinski definition) is 4. The molecule has 0 saturated carbocycles. The van der Waals surface area contributed by atoms with E-state index in [4.69, 9.17) is 0 Å². The molecule has 3 rings (SSSR count). The van der Waals surface area contributed by atoms with Crippen molar-refractivity contribution < 1.29 is 12.8 Å². The highest BCUT2D eigenvalue weighted by Gasteiger charge is 2.20. The number of benzene rings is 2. The number of sulfonamides is 1. The first kappa shape index (κ1) is 17.4. The van der Waals surface area contributed by atoms with Crippen LogP contribution in [-0.4, -0.2) is 18.4 Å². The van der Waals surface area contributed by atoms with E-state index in [9.17, 15) is 22.4 Å². The summed E-state index contributed by atoms with van der Waals surface area (Å²) in [7, 11) is -4.11. The van der Waals surface area contributed by atoms with Crippen molar-refractivity contribution in [1.29, 1.82) is 0 Å². The zero-order valence-electron chi connectivity index (χ0n) is 12.7. The van der Waals surface area contributed by atoms with Crippen LogP contribution in [0.4, 0.5) is 10.1 Å². The van der Waals surface area contributed by atoms with Crippen LogP contribution in [-0.2, 0) is 10.0 Å². The van der Waals surface area contributed by atoms with Gasteiger partial charge in [0.1, 0.15) is 5.82 Å². The number of aromatic amines is 2. The summed E-state index contributed by atoms with van der Waals surface area (Å²) in [4.78, 5) is 27.3. The van der Waals surface area contributed by atoms with E-state index in [1.165, 1.54) is 31.2 Å². The van der Waals surface area contributed by atoms with Crippen LogP contribution in [0.5, 0.6) is 0 Å². The van der Waals surface area contributed by atoms with Crippen LogP contribution in [0.1, 0.15) is 5.56 Å². The number of anilines is 1. The molecule has 0 saturated heterocycles. The fraction of sp³-hybridized carbons (Fsp3) is 0.0667. The Labute approximate surface area is 149 Å². The first-order valence-corrected chi connectivity index (χ1v) is 9.20. The monoisotopic (exact) mass is 427 g/mol. The van der Waals surface area contributed by atoms with Gasteiger partial charge < -0.3 is 9.97 Å². The summed E-state index contributed by atoms with van der Waals surface area (Å²) in [6, 6.07) is 6.54. The van der Waals surface area contributed by atoms with Gasteiger partial charge in [-0.15, -0.1) is 0 Å². The first-order chi connectivity index (χ1) is 11.7. The molecule has 25 heavy (non-hydrogen) atoms. The predicted octanol–water partition coefficient (Wildman–Crippen LogP) is 2.23. The number of hydrogen-bond donors (Lipinski definition) is 3. The highest BCUT2D eigenvalue weighted by atomic mass is 79.9. The Bertz CT molecular complexity index is 1220. The van der Waals surface area contributed by atoms with Gasteiger partial charge in [-0.05, 0) is 42.8 Å². The van der Waals surface area contributed by atoms with Crippen molar-refractivity contribution in [1.82, 2.24) is 9.97 Å². The molecule has 0 bridgehead atoms. The van der Waals surface area contributed by atoms with Crippen molar-refractivity contribution >= 4 is 42.7 Å². The molecule has 0 spiro atoms. The molecular formula is C15H11BrFN3O4S. The van der Waals surface area contributed by atoms with Crippen LogP contribution in [0, 0.1) is 12.7 Å². The SMILES string of the molecule is Cc1cc2[nH]c(=O)c(=O)[nH]c2cc1S(=O)(=O)Nc1ccc(Br)cc1F. The Hall–Kier alpha value is -2.46. The maximum atomic E-state index is 13.9. The van der Waals surface area contributed by atoms with E-state index in [0.717, 1.165) is 6.07 Å². The van der Waals surface area contributed by atoms with Gasteiger partial charge in [0, 0.05) is 4.47 Å². The number of rotatable bonds is 3. The van der Waals surface area contributed by atoms with Crippen molar-refractivity contribution in [3.05, 3.63) is 66.9 Å². The molecule has 7 nitrogen and oxygen atoms in total. The molecule has 0 fully saturated rings. The summed E-state index contributed by atoms with van der Waals surface area (Å²) in [6.45, 7) is 1.52. The fourth-order valence-corrected chi connectivity index (χ4v) is 3.97. The lowest BCUT2D eigenvalue weighted by Crippen LogP contribution is -2.29. The minimum Gasteiger partial charge on any atom is -0.316 e. The molecule has 0 aliphatic rings. The van der Waals surface area contributed by atoms with Gasteiger partial charge >= 0.3 is 11.1 Å². The van der Waals surface area contributed by atoms with Gasteiger partial charge in [0.2, 0.25) is 0 Å². The van der Waals surface area contributed by atoms with E-state index < -0.39 is 27.0 Å². The summed E-state index contributed by atoms with van der Waals surface area (Å²) in [6.07, 6.45) is 0. The van der Waals surface area contributed by atoms with E-state index in [0.29, 0.717) is 10.0 Å². The summed E-state index contributed by atoms with van der Waals surface area (Å²) in [5.74, 6) is -0.742. The third-order valence-electron chi connectivity index (χ3n) is 3.48. The van der Waals surface area contributed by atoms with Crippen molar-refractivity contribution in [3.63, 3.8) is 0 Å². The third-order valence-corrected chi connectivity index (χ3v) is 5.48. The van der Waals surface area contributed by atoms with Gasteiger partial charge in [-0.2, -0.15) is 0 Å². The number of halogens is 2. The number of H-pyrrole nitrogens is 2. The molecule has 2 aromatic carbocycles. The standard InChI is InChI=1S/C15H11BrFN3O4S/c1-7-4-11-12(19-15(22)14(21)18-11)6-13(7)25(23,24)20-10-3-2-8(16)5-9(10)17/h2-6,20H,1H3,(H,18,21)(H,19,22). The maximum Gasteiger partial charge on any atom is 0.314 e. The van der Waals surface area contributed by atoms with Gasteiger partial charge in [-0.1, -0.05) is 15.9 Å². The Morgan fingerprint density at radius 2 is 1.64 bits per heavy atom. The van der Waals surface area contributed by atoms with E-state index >= 15 is 0 Å². The highest BCUT2D eigenvalue weighted by Crippen LogP contribution is 2.25. The maximum absolute atomic E-state index is 13.9. The molecule has 0 unspecified atom stereocenters. The quantitative estimate of drug-likeness (QED) is 0.556. The molecular weight excluding hydrogens is 417 g/mol. The molecule has 130 valence electrons. The van der Waals surface area contributed by atoms with Crippen molar-refractivity contribution in [3.8, 4) is 0 Å². The molecule has 3 N–H and O–H groups in total. The fourth-order valence-electron chi connectivity index (χ4n) is 2.31. The van der Waals surface area contributed by atoms with Gasteiger partial charge in [0.25, 0.3) is 10.0 Å². The molecule has 0 amide bonds. The molecule has 1 heterocycles. The minimum absolute atomic E-state index is 0.145. The lowest BCUT2D eigenvalue weighted by atomic mass is 10.2. The van der Waals surface area contributed by atoms with Crippen LogP contribution in [0.2, 0.25) is 0 Å². The number of fused-ring (bicyclic) bond motifs is 1. The smallest absolute Gasteiger partial charge is 0.314 e. The van der Waals surface area contributed by atoms with Crippen LogP contribution in [0.15, 0.2) is 49.3 Å². The number of aromatic nitrogens is 2. The van der Waals surface area contributed by atoms with E-state index in [2.05, 4.69) is 30.6 Å². The zero-order chi connectivity index (χ0) is 18.4. The molecule has 0 aliphatic heterocycles. The second-order valence-electron chi connectivity index (χ2n) is 5.30. The van der Waals surface area contributed by atoms with E-state index in [-0.39, 0.29) is 21.6 Å².